The molecule has 0 saturated heterocycles. The van der Waals surface area contributed by atoms with Crippen LogP contribution in [0.15, 0.2) is 53.6 Å². The van der Waals surface area contributed by atoms with Crippen molar-refractivity contribution < 1.29 is 14.0 Å². The first-order valence-electron chi connectivity index (χ1n) is 10.6. The summed E-state index contributed by atoms with van der Waals surface area (Å²) in [5, 5.41) is 5.81. The summed E-state index contributed by atoms with van der Waals surface area (Å²) in [6.07, 6.45) is 0.763. The third kappa shape index (κ3) is 3.73. The number of halogens is 1. The molecule has 2 aliphatic heterocycles. The van der Waals surface area contributed by atoms with Gasteiger partial charge in [0.05, 0.1) is 16.7 Å². The third-order valence-corrected chi connectivity index (χ3v) is 5.85. The average Bonchev–Trinajstić information content (AvgIpc) is 3.20. The molecular weight excluding hydrogens is 425 g/mol. The van der Waals surface area contributed by atoms with Crippen molar-refractivity contribution in [1.29, 1.82) is 0 Å². The summed E-state index contributed by atoms with van der Waals surface area (Å²) in [4.78, 5) is 38.8. The van der Waals surface area contributed by atoms with Crippen LogP contribution >= 0.6 is 0 Å². The number of primary amides is 1. The van der Waals surface area contributed by atoms with Crippen LogP contribution in [0.1, 0.15) is 12.8 Å². The van der Waals surface area contributed by atoms with Crippen molar-refractivity contribution in [1.82, 2.24) is 9.97 Å². The van der Waals surface area contributed by atoms with E-state index in [4.69, 9.17) is 15.7 Å². The summed E-state index contributed by atoms with van der Waals surface area (Å²) in [5.41, 5.74) is 7.69. The lowest BCUT2D eigenvalue weighted by molar-refractivity contribution is -0.119. The van der Waals surface area contributed by atoms with E-state index >= 15 is 0 Å². The maximum absolute atomic E-state index is 13.6. The molecule has 0 spiro atoms. The van der Waals surface area contributed by atoms with Crippen molar-refractivity contribution in [3.8, 4) is 0 Å². The molecule has 1 atom stereocenters. The van der Waals surface area contributed by atoms with E-state index in [1.54, 1.807) is 4.90 Å². The van der Waals surface area contributed by atoms with E-state index < -0.39 is 17.8 Å². The number of hydrazone groups is 1. The van der Waals surface area contributed by atoms with Gasteiger partial charge in [-0.15, -0.1) is 0 Å². The van der Waals surface area contributed by atoms with Crippen molar-refractivity contribution in [2.45, 2.75) is 18.9 Å². The van der Waals surface area contributed by atoms with Crippen LogP contribution in [0.2, 0.25) is 0 Å². The number of rotatable bonds is 3. The number of amides is 2. The molecule has 5 rings (SSSR count). The number of hydrogen-bond donors (Lipinski definition) is 1. The molecule has 0 bridgehead atoms. The predicted octanol–water partition coefficient (Wildman–Crippen LogP) is 2.06. The Hall–Kier alpha value is -4.08. The van der Waals surface area contributed by atoms with Gasteiger partial charge < -0.3 is 10.6 Å². The van der Waals surface area contributed by atoms with Crippen LogP contribution in [0, 0.1) is 5.82 Å². The molecule has 0 radical (unpaired) electrons. The second-order valence-corrected chi connectivity index (χ2v) is 8.08. The van der Waals surface area contributed by atoms with Gasteiger partial charge in [-0.3, -0.25) is 19.5 Å². The number of hydrogen-bond acceptors (Lipinski definition) is 7. The summed E-state index contributed by atoms with van der Waals surface area (Å²) in [5.74, 6) is -0.318. The van der Waals surface area contributed by atoms with Crippen LogP contribution in [-0.2, 0) is 9.59 Å². The fourth-order valence-electron chi connectivity index (χ4n) is 4.14. The Bertz CT molecular complexity index is 1280. The molecule has 9 nitrogen and oxygen atoms in total. The van der Waals surface area contributed by atoms with Gasteiger partial charge in [0.2, 0.25) is 5.91 Å². The SMILES string of the molecule is CN1CCCN(C(=O)C2=NN(c3ccc(F)cc3)[C@@H](C(N)=O)C2)c2nc3ccccc3nc21. The normalized spacial score (nSPS) is 18.2. The van der Waals surface area contributed by atoms with Gasteiger partial charge in [0.25, 0.3) is 5.91 Å². The number of aromatic nitrogens is 2. The number of para-hydroxylation sites is 2. The number of anilines is 3. The van der Waals surface area contributed by atoms with Crippen LogP contribution < -0.4 is 20.5 Å². The highest BCUT2D eigenvalue weighted by Crippen LogP contribution is 2.32. The quantitative estimate of drug-likeness (QED) is 0.659. The molecule has 1 aromatic heterocycles. The van der Waals surface area contributed by atoms with Crippen LogP contribution in [0.4, 0.5) is 21.7 Å². The highest BCUT2D eigenvalue weighted by Gasteiger charge is 2.38. The summed E-state index contributed by atoms with van der Waals surface area (Å²) in [6.45, 7) is 1.14. The van der Waals surface area contributed by atoms with Crippen molar-refractivity contribution in [3.05, 3.63) is 54.3 Å². The minimum Gasteiger partial charge on any atom is -0.368 e. The molecule has 2 aliphatic rings. The second-order valence-electron chi connectivity index (χ2n) is 8.08. The van der Waals surface area contributed by atoms with Gasteiger partial charge >= 0.3 is 0 Å². The lowest BCUT2D eigenvalue weighted by Gasteiger charge is -2.22. The van der Waals surface area contributed by atoms with Crippen molar-refractivity contribution in [3.63, 3.8) is 0 Å². The molecule has 10 heteroatoms. The summed E-state index contributed by atoms with van der Waals surface area (Å²) >= 11 is 0. The molecule has 3 aromatic rings. The van der Waals surface area contributed by atoms with Crippen LogP contribution in [0.25, 0.3) is 11.0 Å². The monoisotopic (exact) mass is 447 g/mol. The molecular formula is C23H22FN7O2. The van der Waals surface area contributed by atoms with Gasteiger partial charge in [0.15, 0.2) is 11.6 Å². The first-order chi connectivity index (χ1) is 15.9. The van der Waals surface area contributed by atoms with E-state index in [1.807, 2.05) is 36.2 Å². The van der Waals surface area contributed by atoms with Gasteiger partial charge in [0, 0.05) is 26.6 Å². The zero-order chi connectivity index (χ0) is 23.1. The Balaban J connectivity index is 1.54. The first kappa shape index (κ1) is 20.8. The highest BCUT2D eigenvalue weighted by atomic mass is 19.1. The molecule has 2 amide bonds. The van der Waals surface area contributed by atoms with Crippen molar-refractivity contribution in [2.24, 2.45) is 10.8 Å². The summed E-state index contributed by atoms with van der Waals surface area (Å²) < 4.78 is 13.4. The van der Waals surface area contributed by atoms with Crippen molar-refractivity contribution in [2.75, 3.05) is 34.9 Å². The Morgan fingerprint density at radius 3 is 2.33 bits per heavy atom. The number of carbonyl (C=O) groups excluding carboxylic acids is 2. The Morgan fingerprint density at radius 2 is 1.67 bits per heavy atom. The zero-order valence-corrected chi connectivity index (χ0v) is 18.0. The molecule has 0 aliphatic carbocycles. The minimum atomic E-state index is -0.841. The Morgan fingerprint density at radius 1 is 1.00 bits per heavy atom. The average molecular weight is 447 g/mol. The number of fused-ring (bicyclic) bond motifs is 2. The van der Waals surface area contributed by atoms with E-state index in [9.17, 15) is 14.0 Å². The third-order valence-electron chi connectivity index (χ3n) is 5.85. The van der Waals surface area contributed by atoms with Gasteiger partial charge in [0.1, 0.15) is 17.6 Å². The standard InChI is InChI=1S/C23H22FN7O2/c1-29-11-4-12-30(22-21(29)26-16-5-2-3-6-17(16)27-22)23(33)18-13-19(20(25)32)31(28-18)15-9-7-14(24)8-10-15/h2-3,5-10,19H,4,11-13H2,1H3,(H2,25,32)/t19-/m1/s1. The van der Waals surface area contributed by atoms with E-state index in [-0.39, 0.29) is 18.0 Å². The molecule has 0 fully saturated rings. The van der Waals surface area contributed by atoms with Gasteiger partial charge in [-0.2, -0.15) is 5.10 Å². The van der Waals surface area contributed by atoms with Crippen LogP contribution in [-0.4, -0.2) is 53.7 Å². The largest absolute Gasteiger partial charge is 0.368 e. The zero-order valence-electron chi connectivity index (χ0n) is 18.0. The second kappa shape index (κ2) is 8.12. The van der Waals surface area contributed by atoms with Crippen molar-refractivity contribution >= 4 is 45.9 Å². The minimum absolute atomic E-state index is 0.0498. The van der Waals surface area contributed by atoms with Crippen LogP contribution in [0.5, 0.6) is 0 Å². The number of carbonyl (C=O) groups is 2. The molecule has 2 N–H and O–H groups in total. The lowest BCUT2D eigenvalue weighted by atomic mass is 10.1. The number of nitrogens with two attached hydrogens (primary N) is 1. The van der Waals surface area contributed by atoms with E-state index in [0.717, 1.165) is 5.52 Å². The van der Waals surface area contributed by atoms with Gasteiger partial charge in [-0.25, -0.2) is 14.4 Å². The molecule has 0 saturated carbocycles. The van der Waals surface area contributed by atoms with E-state index in [1.165, 1.54) is 29.3 Å². The summed E-state index contributed by atoms with van der Waals surface area (Å²) in [6, 6.07) is 12.2. The Labute approximate surface area is 189 Å². The van der Waals surface area contributed by atoms with Gasteiger partial charge in [-0.1, -0.05) is 12.1 Å². The Kier molecular flexibility index (Phi) is 5.12. The lowest BCUT2D eigenvalue weighted by Crippen LogP contribution is -2.41. The maximum Gasteiger partial charge on any atom is 0.275 e. The fourth-order valence-corrected chi connectivity index (χ4v) is 4.14. The van der Waals surface area contributed by atoms with Gasteiger partial charge in [-0.05, 0) is 42.8 Å². The highest BCUT2D eigenvalue weighted by molar-refractivity contribution is 6.45. The first-order valence-corrected chi connectivity index (χ1v) is 10.6. The molecule has 0 unspecified atom stereocenters. The van der Waals surface area contributed by atoms with Crippen LogP contribution in [0.3, 0.4) is 0 Å². The molecule has 2 aromatic carbocycles. The van der Waals surface area contributed by atoms with E-state index in [0.29, 0.717) is 42.4 Å². The number of benzene rings is 2. The topological polar surface area (TPSA) is 108 Å². The maximum atomic E-state index is 13.6. The molecule has 168 valence electrons. The number of nitrogens with zero attached hydrogens (tertiary/aromatic N) is 6. The van der Waals surface area contributed by atoms with E-state index in [2.05, 4.69) is 5.10 Å². The smallest absolute Gasteiger partial charge is 0.275 e. The molecule has 3 heterocycles. The molecule has 33 heavy (non-hydrogen) atoms. The fraction of sp³-hybridized carbons (Fsp3) is 0.261. The predicted molar refractivity (Wildman–Crippen MR) is 124 cm³/mol. The summed E-state index contributed by atoms with van der Waals surface area (Å²) in [7, 11) is 1.92.